The third-order valence-electron chi connectivity index (χ3n) is 5.51. The van der Waals surface area contributed by atoms with Crippen LogP contribution in [0.15, 0.2) is 30.7 Å². The van der Waals surface area contributed by atoms with Gasteiger partial charge in [0.05, 0.1) is 18.5 Å². The van der Waals surface area contributed by atoms with Crippen molar-refractivity contribution < 1.29 is 9.50 Å². The maximum Gasteiger partial charge on any atom is 0.173 e. The van der Waals surface area contributed by atoms with E-state index in [9.17, 15) is 9.50 Å². The molecule has 0 atom stereocenters. The van der Waals surface area contributed by atoms with E-state index in [4.69, 9.17) is 4.98 Å². The van der Waals surface area contributed by atoms with Crippen LogP contribution in [0.4, 0.5) is 10.2 Å². The Kier molecular flexibility index (Phi) is 3.89. The highest BCUT2D eigenvalue weighted by Crippen LogP contribution is 2.33. The zero-order valence-electron chi connectivity index (χ0n) is 14.8. The van der Waals surface area contributed by atoms with Crippen molar-refractivity contribution in [3.63, 3.8) is 0 Å². The molecule has 3 aromatic rings. The molecule has 7 heteroatoms. The Morgan fingerprint density at radius 1 is 1.26 bits per heavy atom. The number of pyridine rings is 1. The topological polar surface area (TPSA) is 75.3 Å². The minimum absolute atomic E-state index is 0.200. The molecule has 2 N–H and O–H groups in total. The zero-order valence-corrected chi connectivity index (χ0v) is 14.8. The summed E-state index contributed by atoms with van der Waals surface area (Å²) < 4.78 is 16.1. The number of nitrogens with zero attached hydrogens (tertiary/aromatic N) is 4. The average molecular weight is 365 g/mol. The Labute approximate surface area is 155 Å². The summed E-state index contributed by atoms with van der Waals surface area (Å²) in [5, 5.41) is 12.8. The van der Waals surface area contributed by atoms with E-state index in [2.05, 4.69) is 15.3 Å². The standard InChI is InChI=1S/C20H20FN5O/c21-17-7-13(10-26-14(11-27)8-24-20(17)26)15-4-5-22-19-16(15)9-23-18(25-19)6-12-2-1-3-12/h4,7-10,12,27H,1-3,5-6,11H2,(H,22,23,25). The number of aliphatic hydroxyl groups excluding tert-OH is 1. The molecule has 27 heavy (non-hydrogen) atoms. The van der Waals surface area contributed by atoms with Crippen molar-refractivity contribution >= 4 is 17.0 Å². The van der Waals surface area contributed by atoms with Gasteiger partial charge in [-0.05, 0) is 17.6 Å². The number of anilines is 1. The number of rotatable bonds is 4. The lowest BCUT2D eigenvalue weighted by Crippen LogP contribution is -2.18. The molecule has 0 unspecified atom stereocenters. The molecule has 0 amide bonds. The SMILES string of the molecule is OCc1cnc2c(F)cc(C3=CCNc4nc(CC5CCC5)ncc43)cn12. The number of aromatic nitrogens is 4. The van der Waals surface area contributed by atoms with Crippen molar-refractivity contribution in [1.82, 2.24) is 19.4 Å². The van der Waals surface area contributed by atoms with E-state index in [0.29, 0.717) is 23.7 Å². The largest absolute Gasteiger partial charge is 0.390 e. The van der Waals surface area contributed by atoms with Gasteiger partial charge in [-0.3, -0.25) is 4.40 Å². The van der Waals surface area contributed by atoms with E-state index in [1.54, 1.807) is 10.6 Å². The normalized spacial score (nSPS) is 16.6. The molecule has 138 valence electrons. The second-order valence-electron chi connectivity index (χ2n) is 7.23. The van der Waals surface area contributed by atoms with E-state index >= 15 is 0 Å². The van der Waals surface area contributed by atoms with Crippen LogP contribution in [0.1, 0.15) is 41.9 Å². The average Bonchev–Trinajstić information content (AvgIpc) is 3.07. The first kappa shape index (κ1) is 16.4. The molecule has 1 aliphatic carbocycles. The Bertz CT molecular complexity index is 1050. The van der Waals surface area contributed by atoms with Gasteiger partial charge in [-0.1, -0.05) is 25.3 Å². The fourth-order valence-corrected chi connectivity index (χ4v) is 3.80. The summed E-state index contributed by atoms with van der Waals surface area (Å²) in [6, 6.07) is 1.48. The molecule has 0 radical (unpaired) electrons. The first-order valence-electron chi connectivity index (χ1n) is 9.30. The zero-order chi connectivity index (χ0) is 18.4. The third kappa shape index (κ3) is 2.78. The van der Waals surface area contributed by atoms with Gasteiger partial charge in [0.15, 0.2) is 11.5 Å². The van der Waals surface area contributed by atoms with Gasteiger partial charge in [0.2, 0.25) is 0 Å². The molecular formula is C20H20FN5O. The predicted octanol–water partition coefficient (Wildman–Crippen LogP) is 2.96. The number of fused-ring (bicyclic) bond motifs is 2. The van der Waals surface area contributed by atoms with Crippen molar-refractivity contribution in [3.8, 4) is 0 Å². The highest BCUT2D eigenvalue weighted by Gasteiger charge is 2.22. The van der Waals surface area contributed by atoms with Crippen LogP contribution in [0.5, 0.6) is 0 Å². The summed E-state index contributed by atoms with van der Waals surface area (Å²) in [5.41, 5.74) is 3.23. The highest BCUT2D eigenvalue weighted by atomic mass is 19.1. The van der Waals surface area contributed by atoms with Crippen LogP contribution in [0, 0.1) is 11.7 Å². The minimum atomic E-state index is -0.421. The Morgan fingerprint density at radius 2 is 2.15 bits per heavy atom. The number of aliphatic hydroxyl groups is 1. The van der Waals surface area contributed by atoms with Crippen LogP contribution in [0.25, 0.3) is 11.2 Å². The van der Waals surface area contributed by atoms with Crippen LogP contribution in [0.3, 0.4) is 0 Å². The van der Waals surface area contributed by atoms with Gasteiger partial charge in [0.1, 0.15) is 11.6 Å². The van der Waals surface area contributed by atoms with E-state index < -0.39 is 5.82 Å². The van der Waals surface area contributed by atoms with Gasteiger partial charge in [-0.25, -0.2) is 19.3 Å². The molecule has 0 bridgehead atoms. The Balaban J connectivity index is 1.54. The first-order valence-corrected chi connectivity index (χ1v) is 9.30. The Hall–Kier alpha value is -2.80. The molecule has 0 aromatic carbocycles. The number of hydrogen-bond donors (Lipinski definition) is 2. The fraction of sp³-hybridized carbons (Fsp3) is 0.350. The van der Waals surface area contributed by atoms with Crippen LogP contribution in [-0.2, 0) is 13.0 Å². The molecule has 1 fully saturated rings. The molecule has 6 nitrogen and oxygen atoms in total. The Morgan fingerprint density at radius 3 is 2.93 bits per heavy atom. The third-order valence-corrected chi connectivity index (χ3v) is 5.51. The molecule has 2 aliphatic rings. The molecule has 1 aliphatic heterocycles. The molecule has 1 saturated carbocycles. The van der Waals surface area contributed by atoms with Crippen LogP contribution in [0.2, 0.25) is 0 Å². The van der Waals surface area contributed by atoms with E-state index in [1.165, 1.54) is 31.5 Å². The molecule has 0 saturated heterocycles. The van der Waals surface area contributed by atoms with Crippen molar-refractivity contribution in [2.24, 2.45) is 5.92 Å². The number of hydrogen-bond acceptors (Lipinski definition) is 5. The second kappa shape index (κ2) is 6.42. The summed E-state index contributed by atoms with van der Waals surface area (Å²) in [7, 11) is 0. The van der Waals surface area contributed by atoms with Gasteiger partial charge in [0.25, 0.3) is 0 Å². The molecule has 5 rings (SSSR count). The predicted molar refractivity (Wildman–Crippen MR) is 99.7 cm³/mol. The van der Waals surface area contributed by atoms with Gasteiger partial charge < -0.3 is 10.4 Å². The highest BCUT2D eigenvalue weighted by molar-refractivity contribution is 5.86. The molecular weight excluding hydrogens is 345 g/mol. The van der Waals surface area contributed by atoms with Crippen LogP contribution >= 0.6 is 0 Å². The maximum absolute atomic E-state index is 14.5. The summed E-state index contributed by atoms with van der Waals surface area (Å²) >= 11 is 0. The minimum Gasteiger partial charge on any atom is -0.390 e. The summed E-state index contributed by atoms with van der Waals surface area (Å²) in [4.78, 5) is 13.3. The molecule has 4 heterocycles. The lowest BCUT2D eigenvalue weighted by Gasteiger charge is -2.25. The monoisotopic (exact) mass is 365 g/mol. The van der Waals surface area contributed by atoms with Crippen molar-refractivity contribution in [1.29, 1.82) is 0 Å². The van der Waals surface area contributed by atoms with Crippen molar-refractivity contribution in [3.05, 3.63) is 59.2 Å². The number of nitrogens with one attached hydrogen (secondary N) is 1. The summed E-state index contributed by atoms with van der Waals surface area (Å²) in [6.45, 7) is 0.424. The van der Waals surface area contributed by atoms with Gasteiger partial charge in [-0.15, -0.1) is 0 Å². The molecule has 0 spiro atoms. The van der Waals surface area contributed by atoms with Crippen molar-refractivity contribution in [2.75, 3.05) is 11.9 Å². The van der Waals surface area contributed by atoms with Gasteiger partial charge in [0, 0.05) is 36.5 Å². The number of imidazole rings is 1. The lowest BCUT2D eigenvalue weighted by molar-refractivity contribution is 0.275. The lowest BCUT2D eigenvalue weighted by atomic mass is 9.83. The van der Waals surface area contributed by atoms with E-state index in [0.717, 1.165) is 29.2 Å². The smallest absolute Gasteiger partial charge is 0.173 e. The fourth-order valence-electron chi connectivity index (χ4n) is 3.80. The van der Waals surface area contributed by atoms with Crippen LogP contribution in [-0.4, -0.2) is 31.0 Å². The van der Waals surface area contributed by atoms with Crippen molar-refractivity contribution in [2.45, 2.75) is 32.3 Å². The van der Waals surface area contributed by atoms with E-state index in [1.807, 2.05) is 12.3 Å². The summed E-state index contributed by atoms with van der Waals surface area (Å²) in [6.07, 6.45) is 11.9. The quantitative estimate of drug-likeness (QED) is 0.743. The maximum atomic E-state index is 14.5. The second-order valence-corrected chi connectivity index (χ2v) is 7.23. The van der Waals surface area contributed by atoms with Crippen LogP contribution < -0.4 is 5.32 Å². The van der Waals surface area contributed by atoms with E-state index in [-0.39, 0.29) is 12.3 Å². The first-order chi connectivity index (χ1) is 13.2. The number of halogens is 1. The van der Waals surface area contributed by atoms with Gasteiger partial charge in [-0.2, -0.15) is 0 Å². The summed E-state index contributed by atoms with van der Waals surface area (Å²) in [5.74, 6) is 1.95. The van der Waals surface area contributed by atoms with Gasteiger partial charge >= 0.3 is 0 Å². The molecule has 3 aromatic heterocycles.